The zero-order valence-electron chi connectivity index (χ0n) is 15.7. The summed E-state index contributed by atoms with van der Waals surface area (Å²) in [5, 5.41) is 4.18. The average Bonchev–Trinajstić information content (AvgIpc) is 3.17. The average molecular weight is 447 g/mol. The number of furan rings is 1. The SMILES string of the molecule is NC(=O)N/N=C\c1ccc(CN(Cc2ccc(Cl)cc2)S(=O)(=O)c2ccccc2)o1. The molecule has 0 atom stereocenters. The highest BCUT2D eigenvalue weighted by Crippen LogP contribution is 2.22. The molecule has 30 heavy (non-hydrogen) atoms. The second-order valence-electron chi connectivity index (χ2n) is 6.25. The van der Waals surface area contributed by atoms with Crippen LogP contribution in [0.2, 0.25) is 5.02 Å². The second-order valence-corrected chi connectivity index (χ2v) is 8.63. The number of sulfonamides is 1. The largest absolute Gasteiger partial charge is 0.459 e. The van der Waals surface area contributed by atoms with Crippen molar-refractivity contribution in [3.63, 3.8) is 0 Å². The lowest BCUT2D eigenvalue weighted by Gasteiger charge is -2.21. The van der Waals surface area contributed by atoms with Crippen LogP contribution in [0.15, 0.2) is 81.1 Å². The van der Waals surface area contributed by atoms with Gasteiger partial charge in [0.15, 0.2) is 0 Å². The molecule has 3 N–H and O–H groups in total. The minimum Gasteiger partial charge on any atom is -0.459 e. The predicted molar refractivity (Wildman–Crippen MR) is 113 cm³/mol. The number of nitrogens with zero attached hydrogens (tertiary/aromatic N) is 2. The van der Waals surface area contributed by atoms with Crippen LogP contribution in [0.25, 0.3) is 0 Å². The van der Waals surface area contributed by atoms with Crippen molar-refractivity contribution in [2.24, 2.45) is 10.8 Å². The van der Waals surface area contributed by atoms with Crippen LogP contribution < -0.4 is 11.2 Å². The smallest absolute Gasteiger partial charge is 0.332 e. The molecule has 3 rings (SSSR count). The van der Waals surface area contributed by atoms with Crippen molar-refractivity contribution in [2.75, 3.05) is 0 Å². The zero-order valence-corrected chi connectivity index (χ0v) is 17.3. The molecule has 10 heteroatoms. The molecule has 0 aliphatic rings. The minimum absolute atomic E-state index is 0.00303. The van der Waals surface area contributed by atoms with Crippen LogP contribution in [-0.4, -0.2) is 25.0 Å². The van der Waals surface area contributed by atoms with E-state index in [0.717, 1.165) is 5.56 Å². The summed E-state index contributed by atoms with van der Waals surface area (Å²) in [6.45, 7) is 0.124. The molecule has 0 aliphatic heterocycles. The summed E-state index contributed by atoms with van der Waals surface area (Å²) in [7, 11) is -3.79. The van der Waals surface area contributed by atoms with Gasteiger partial charge in [-0.3, -0.25) is 0 Å². The van der Waals surface area contributed by atoms with Gasteiger partial charge in [0.25, 0.3) is 0 Å². The van der Waals surface area contributed by atoms with Crippen molar-refractivity contribution in [1.29, 1.82) is 0 Å². The third kappa shape index (κ3) is 5.69. The Morgan fingerprint density at radius 3 is 2.43 bits per heavy atom. The molecule has 8 nitrogen and oxygen atoms in total. The van der Waals surface area contributed by atoms with Gasteiger partial charge >= 0.3 is 6.03 Å². The van der Waals surface area contributed by atoms with E-state index < -0.39 is 16.1 Å². The highest BCUT2D eigenvalue weighted by molar-refractivity contribution is 7.89. The Morgan fingerprint density at radius 2 is 1.77 bits per heavy atom. The summed E-state index contributed by atoms with van der Waals surface area (Å²) in [6, 6.07) is 17.6. The lowest BCUT2D eigenvalue weighted by atomic mass is 10.2. The van der Waals surface area contributed by atoms with E-state index in [1.54, 1.807) is 66.7 Å². The van der Waals surface area contributed by atoms with E-state index in [2.05, 4.69) is 10.5 Å². The number of primary amides is 1. The summed E-state index contributed by atoms with van der Waals surface area (Å²) < 4.78 is 33.4. The molecule has 1 aromatic heterocycles. The van der Waals surface area contributed by atoms with Gasteiger partial charge in [-0.1, -0.05) is 41.9 Å². The molecule has 156 valence electrons. The van der Waals surface area contributed by atoms with Crippen molar-refractivity contribution in [3.05, 3.63) is 88.8 Å². The van der Waals surface area contributed by atoms with Crippen molar-refractivity contribution in [3.8, 4) is 0 Å². The highest BCUT2D eigenvalue weighted by Gasteiger charge is 2.26. The van der Waals surface area contributed by atoms with E-state index >= 15 is 0 Å². The molecule has 1 heterocycles. The van der Waals surface area contributed by atoms with E-state index in [4.69, 9.17) is 21.8 Å². The minimum atomic E-state index is -3.79. The normalized spacial score (nSPS) is 11.8. The number of halogens is 1. The number of nitrogens with two attached hydrogens (primary N) is 1. The topological polar surface area (TPSA) is 118 Å². The van der Waals surface area contributed by atoms with Gasteiger partial charge in [-0.2, -0.15) is 9.41 Å². The Hall–Kier alpha value is -3.14. The first-order valence-corrected chi connectivity index (χ1v) is 10.6. The number of benzene rings is 2. The molecular weight excluding hydrogens is 428 g/mol. The van der Waals surface area contributed by atoms with Crippen molar-refractivity contribution >= 4 is 33.9 Å². The molecule has 0 saturated heterocycles. The van der Waals surface area contributed by atoms with Crippen LogP contribution in [0.5, 0.6) is 0 Å². The number of carbonyl (C=O) groups excluding carboxylic acids is 1. The van der Waals surface area contributed by atoms with E-state index in [-0.39, 0.29) is 18.0 Å². The second kappa shape index (κ2) is 9.57. The number of hydrogen-bond acceptors (Lipinski definition) is 5. The quantitative estimate of drug-likeness (QED) is 0.407. The molecule has 0 radical (unpaired) electrons. The molecule has 2 amide bonds. The van der Waals surface area contributed by atoms with Gasteiger partial charge < -0.3 is 10.2 Å². The number of amides is 2. The van der Waals surface area contributed by atoms with Gasteiger partial charge in [-0.15, -0.1) is 0 Å². The fourth-order valence-electron chi connectivity index (χ4n) is 2.64. The van der Waals surface area contributed by atoms with Crippen LogP contribution in [-0.2, 0) is 23.1 Å². The van der Waals surface area contributed by atoms with Crippen molar-refractivity contribution in [2.45, 2.75) is 18.0 Å². The molecule has 0 saturated carbocycles. The molecule has 0 fully saturated rings. The molecule has 3 aromatic rings. The molecular formula is C20H19ClN4O4S. The fraction of sp³-hybridized carbons (Fsp3) is 0.100. The van der Waals surface area contributed by atoms with E-state index in [0.29, 0.717) is 16.5 Å². The molecule has 2 aromatic carbocycles. The Balaban J connectivity index is 1.86. The Morgan fingerprint density at radius 1 is 1.07 bits per heavy atom. The number of rotatable bonds is 8. The lowest BCUT2D eigenvalue weighted by molar-refractivity contribution is 0.249. The summed E-state index contributed by atoms with van der Waals surface area (Å²) >= 11 is 5.93. The molecule has 0 aliphatic carbocycles. The van der Waals surface area contributed by atoms with E-state index in [1.807, 2.05) is 0 Å². The van der Waals surface area contributed by atoms with E-state index in [9.17, 15) is 13.2 Å². The number of urea groups is 1. The molecule has 0 spiro atoms. The monoisotopic (exact) mass is 446 g/mol. The van der Waals surface area contributed by atoms with Crippen LogP contribution in [0.3, 0.4) is 0 Å². The maximum Gasteiger partial charge on any atom is 0.332 e. The van der Waals surface area contributed by atoms with Crippen LogP contribution in [0.4, 0.5) is 4.79 Å². The van der Waals surface area contributed by atoms with Gasteiger partial charge in [-0.05, 0) is 42.0 Å². The first-order chi connectivity index (χ1) is 14.3. The van der Waals surface area contributed by atoms with Gasteiger partial charge in [0.2, 0.25) is 10.0 Å². The van der Waals surface area contributed by atoms with Crippen LogP contribution in [0.1, 0.15) is 17.1 Å². The predicted octanol–water partition coefficient (Wildman–Crippen LogP) is 3.33. The number of hydrazone groups is 1. The van der Waals surface area contributed by atoms with Crippen LogP contribution in [0, 0.1) is 0 Å². The zero-order chi connectivity index (χ0) is 21.6. The maximum absolute atomic E-state index is 13.2. The Bertz CT molecular complexity index is 1130. The van der Waals surface area contributed by atoms with Crippen LogP contribution >= 0.6 is 11.6 Å². The highest BCUT2D eigenvalue weighted by atomic mass is 35.5. The maximum atomic E-state index is 13.2. The summed E-state index contributed by atoms with van der Waals surface area (Å²) in [6.07, 6.45) is 1.27. The number of carbonyl (C=O) groups is 1. The van der Waals surface area contributed by atoms with Crippen molar-refractivity contribution < 1.29 is 17.6 Å². The van der Waals surface area contributed by atoms with Gasteiger partial charge in [0.1, 0.15) is 11.5 Å². The summed E-state index contributed by atoms with van der Waals surface area (Å²) in [5.41, 5.74) is 7.77. The van der Waals surface area contributed by atoms with Crippen molar-refractivity contribution in [1.82, 2.24) is 9.73 Å². The third-order valence-corrected chi connectivity index (χ3v) is 6.09. The van der Waals surface area contributed by atoms with Gasteiger partial charge in [0, 0.05) is 11.6 Å². The first kappa shape index (κ1) is 21.6. The molecule has 0 bridgehead atoms. The third-order valence-electron chi connectivity index (χ3n) is 4.03. The Kier molecular flexibility index (Phi) is 6.88. The summed E-state index contributed by atoms with van der Waals surface area (Å²) in [4.78, 5) is 10.8. The first-order valence-electron chi connectivity index (χ1n) is 8.81. The van der Waals surface area contributed by atoms with E-state index in [1.165, 1.54) is 10.5 Å². The lowest BCUT2D eigenvalue weighted by Crippen LogP contribution is -2.30. The fourth-order valence-corrected chi connectivity index (χ4v) is 4.18. The van der Waals surface area contributed by atoms with Gasteiger partial charge in [0.05, 0.1) is 17.7 Å². The number of hydrogen-bond donors (Lipinski definition) is 2. The molecule has 0 unspecified atom stereocenters. The standard InChI is InChI=1S/C20H19ClN4O4S/c21-16-8-6-15(7-9-16)13-25(30(27,28)19-4-2-1-3-5-19)14-18-11-10-17(29-18)12-23-24-20(22)26/h1-12H,13-14H2,(H3,22,24,26)/b23-12-. The summed E-state index contributed by atoms with van der Waals surface area (Å²) in [5.74, 6) is 0.742. The Labute approximate surface area is 179 Å². The number of nitrogens with one attached hydrogen (secondary N) is 1. The van der Waals surface area contributed by atoms with Gasteiger partial charge in [-0.25, -0.2) is 18.6 Å².